The molecule has 0 radical (unpaired) electrons. The van der Waals surface area contributed by atoms with Crippen molar-refractivity contribution in [1.82, 2.24) is 20.4 Å². The summed E-state index contributed by atoms with van der Waals surface area (Å²) >= 11 is 1.34. The predicted octanol–water partition coefficient (Wildman–Crippen LogP) is 0.504. The van der Waals surface area contributed by atoms with E-state index in [1.165, 1.54) is 11.3 Å². The molecule has 0 spiro atoms. The van der Waals surface area contributed by atoms with E-state index in [-0.39, 0.29) is 12.2 Å². The number of nitrogens with zero attached hydrogens (tertiary/aromatic N) is 4. The number of carbonyl (C=O) groups excluding carboxylic acids is 1. The van der Waals surface area contributed by atoms with Crippen LogP contribution in [0.3, 0.4) is 0 Å². The molecule has 0 aliphatic carbocycles. The molecule has 18 heavy (non-hydrogen) atoms. The van der Waals surface area contributed by atoms with Gasteiger partial charge in [0, 0.05) is 12.7 Å². The Balaban J connectivity index is 2.39. The van der Waals surface area contributed by atoms with Gasteiger partial charge >= 0.3 is 5.97 Å². The van der Waals surface area contributed by atoms with Crippen LogP contribution in [0.25, 0.3) is 11.4 Å². The number of thiophene rings is 1. The summed E-state index contributed by atoms with van der Waals surface area (Å²) in [5.74, 6) is -0.179. The van der Waals surface area contributed by atoms with E-state index in [4.69, 9.17) is 4.84 Å². The molecule has 0 aliphatic rings. The topological polar surface area (TPSA) is 87.0 Å². The van der Waals surface area contributed by atoms with Crippen molar-refractivity contribution in [1.29, 1.82) is 0 Å². The van der Waals surface area contributed by atoms with E-state index in [1.807, 2.05) is 0 Å². The molecule has 9 heteroatoms. The smallest absolute Gasteiger partial charge is 0.316 e. The summed E-state index contributed by atoms with van der Waals surface area (Å²) < 4.78 is 12.2. The standard InChI is InChI=1S/C9H10N4O3S2/c1-3-7(14)16-13-8(10-11-12-13)6-4-5-17-9(6)18(2)15/h4-5H,3H2,1-2H3. The van der Waals surface area contributed by atoms with Crippen molar-refractivity contribution < 1.29 is 13.8 Å². The maximum Gasteiger partial charge on any atom is 0.334 e. The highest BCUT2D eigenvalue weighted by molar-refractivity contribution is 7.86. The fourth-order valence-corrected chi connectivity index (χ4v) is 3.03. The monoisotopic (exact) mass is 286 g/mol. The zero-order chi connectivity index (χ0) is 13.1. The third-order valence-corrected chi connectivity index (χ3v) is 4.49. The van der Waals surface area contributed by atoms with E-state index in [2.05, 4.69) is 15.5 Å². The van der Waals surface area contributed by atoms with Gasteiger partial charge < -0.3 is 4.84 Å². The van der Waals surface area contributed by atoms with Crippen LogP contribution >= 0.6 is 11.3 Å². The summed E-state index contributed by atoms with van der Waals surface area (Å²) in [7, 11) is -1.15. The van der Waals surface area contributed by atoms with Crippen LogP contribution < -0.4 is 4.84 Å². The quantitative estimate of drug-likeness (QED) is 0.761. The fourth-order valence-electron chi connectivity index (χ4n) is 1.24. The van der Waals surface area contributed by atoms with Crippen LogP contribution in [0.5, 0.6) is 0 Å². The van der Waals surface area contributed by atoms with E-state index in [9.17, 15) is 9.00 Å². The minimum atomic E-state index is -1.15. The number of tetrazole rings is 1. The highest BCUT2D eigenvalue weighted by Crippen LogP contribution is 2.28. The molecule has 2 aromatic heterocycles. The number of hydrogen-bond donors (Lipinski definition) is 0. The molecule has 0 N–H and O–H groups in total. The molecule has 1 unspecified atom stereocenters. The first-order valence-electron chi connectivity index (χ1n) is 5.04. The molecule has 2 aromatic rings. The Morgan fingerprint density at radius 2 is 2.39 bits per heavy atom. The molecule has 0 aromatic carbocycles. The van der Waals surface area contributed by atoms with Crippen LogP contribution in [-0.4, -0.2) is 36.8 Å². The molecule has 0 saturated heterocycles. The van der Waals surface area contributed by atoms with Gasteiger partial charge in [0.1, 0.15) is 4.21 Å². The zero-order valence-electron chi connectivity index (χ0n) is 9.69. The molecular weight excluding hydrogens is 276 g/mol. The molecule has 1 atom stereocenters. The van der Waals surface area contributed by atoms with Crippen molar-refractivity contribution in [2.45, 2.75) is 17.6 Å². The predicted molar refractivity (Wildman–Crippen MR) is 65.3 cm³/mol. The lowest BCUT2D eigenvalue weighted by atomic mass is 10.3. The van der Waals surface area contributed by atoms with Gasteiger partial charge in [-0.1, -0.05) is 6.92 Å². The average Bonchev–Trinajstić information content (AvgIpc) is 2.95. The van der Waals surface area contributed by atoms with Gasteiger partial charge in [0.25, 0.3) is 0 Å². The Labute approximate surface area is 109 Å². The Hall–Kier alpha value is -1.61. The highest BCUT2D eigenvalue weighted by atomic mass is 32.2. The van der Waals surface area contributed by atoms with Crippen LogP contribution in [0.15, 0.2) is 15.7 Å². The molecule has 0 bridgehead atoms. The van der Waals surface area contributed by atoms with Gasteiger partial charge in [-0.15, -0.1) is 16.4 Å². The Morgan fingerprint density at radius 1 is 1.61 bits per heavy atom. The lowest BCUT2D eigenvalue weighted by molar-refractivity contribution is -0.145. The van der Waals surface area contributed by atoms with E-state index >= 15 is 0 Å². The lowest BCUT2D eigenvalue weighted by Crippen LogP contribution is -2.21. The van der Waals surface area contributed by atoms with Crippen LogP contribution in [0, 0.1) is 0 Å². The Kier molecular flexibility index (Phi) is 3.82. The van der Waals surface area contributed by atoms with Gasteiger partial charge in [0.2, 0.25) is 5.82 Å². The normalized spacial score (nSPS) is 12.3. The fraction of sp³-hybridized carbons (Fsp3) is 0.333. The highest BCUT2D eigenvalue weighted by Gasteiger charge is 2.18. The number of rotatable bonds is 4. The largest absolute Gasteiger partial charge is 0.334 e. The van der Waals surface area contributed by atoms with Crippen molar-refractivity contribution in [2.24, 2.45) is 0 Å². The van der Waals surface area contributed by atoms with Gasteiger partial charge in [0.15, 0.2) is 0 Å². The second-order valence-corrected chi connectivity index (χ2v) is 5.76. The molecule has 2 rings (SSSR count). The van der Waals surface area contributed by atoms with Gasteiger partial charge in [-0.2, -0.15) is 0 Å². The Bertz CT molecular complexity index is 592. The first-order valence-corrected chi connectivity index (χ1v) is 7.48. The maximum absolute atomic E-state index is 11.5. The number of hydrogen-bond acceptors (Lipinski definition) is 7. The van der Waals surface area contributed by atoms with Gasteiger partial charge in [-0.3, -0.25) is 4.21 Å². The van der Waals surface area contributed by atoms with Crippen molar-refractivity contribution in [3.8, 4) is 11.4 Å². The first kappa shape index (κ1) is 12.8. The molecule has 2 heterocycles. The second kappa shape index (κ2) is 5.36. The molecular formula is C9H10N4O3S2. The molecule has 0 amide bonds. The molecule has 0 saturated carbocycles. The second-order valence-electron chi connectivity index (χ2n) is 3.27. The third-order valence-electron chi connectivity index (χ3n) is 2.05. The van der Waals surface area contributed by atoms with Crippen LogP contribution in [-0.2, 0) is 15.6 Å². The molecule has 7 nitrogen and oxygen atoms in total. The summed E-state index contributed by atoms with van der Waals surface area (Å²) in [6.45, 7) is 1.67. The van der Waals surface area contributed by atoms with Crippen LogP contribution in [0.2, 0.25) is 0 Å². The van der Waals surface area contributed by atoms with Crippen molar-refractivity contribution >= 4 is 28.1 Å². The first-order chi connectivity index (χ1) is 8.63. The minimum absolute atomic E-state index is 0.218. The molecule has 0 aliphatic heterocycles. The van der Waals surface area contributed by atoms with E-state index in [0.29, 0.717) is 9.77 Å². The van der Waals surface area contributed by atoms with Gasteiger partial charge in [-0.25, -0.2) is 4.79 Å². The summed E-state index contributed by atoms with van der Waals surface area (Å²) in [5.41, 5.74) is 0.606. The van der Waals surface area contributed by atoms with Crippen LogP contribution in [0.1, 0.15) is 13.3 Å². The van der Waals surface area contributed by atoms with Crippen molar-refractivity contribution in [2.75, 3.05) is 6.26 Å². The van der Waals surface area contributed by atoms with Gasteiger partial charge in [-0.05, 0) is 26.7 Å². The van der Waals surface area contributed by atoms with E-state index < -0.39 is 16.8 Å². The van der Waals surface area contributed by atoms with E-state index in [1.54, 1.807) is 24.6 Å². The maximum atomic E-state index is 11.5. The van der Waals surface area contributed by atoms with Crippen molar-refractivity contribution in [3.05, 3.63) is 11.4 Å². The third kappa shape index (κ3) is 2.46. The number of carbonyl (C=O) groups is 1. The van der Waals surface area contributed by atoms with Crippen LogP contribution in [0.4, 0.5) is 0 Å². The average molecular weight is 286 g/mol. The van der Waals surface area contributed by atoms with Gasteiger partial charge in [0.05, 0.1) is 16.4 Å². The summed E-state index contributed by atoms with van der Waals surface area (Å²) in [6, 6.07) is 1.74. The SMILES string of the molecule is CCC(=O)On1nnnc1-c1ccsc1S(C)=O. The summed E-state index contributed by atoms with van der Waals surface area (Å²) in [5, 5.41) is 12.6. The molecule has 0 fully saturated rings. The molecule has 96 valence electrons. The van der Waals surface area contributed by atoms with Crippen molar-refractivity contribution in [3.63, 3.8) is 0 Å². The summed E-state index contributed by atoms with van der Waals surface area (Å²) in [6.07, 6.45) is 1.79. The Morgan fingerprint density at radius 3 is 3.06 bits per heavy atom. The summed E-state index contributed by atoms with van der Waals surface area (Å²) in [4.78, 5) is 17.1. The number of aromatic nitrogens is 4. The lowest BCUT2D eigenvalue weighted by Gasteiger charge is -2.03. The minimum Gasteiger partial charge on any atom is -0.316 e. The zero-order valence-corrected chi connectivity index (χ0v) is 11.3. The van der Waals surface area contributed by atoms with E-state index in [0.717, 1.165) is 4.85 Å².